The van der Waals surface area contributed by atoms with Gasteiger partial charge in [-0.25, -0.2) is 0 Å². The molecule has 1 unspecified atom stereocenters. The van der Waals surface area contributed by atoms with Crippen molar-refractivity contribution in [1.29, 1.82) is 5.26 Å². The first-order valence-corrected chi connectivity index (χ1v) is 5.21. The van der Waals surface area contributed by atoms with Crippen molar-refractivity contribution >= 4 is 16.9 Å². The van der Waals surface area contributed by atoms with Gasteiger partial charge in [0.2, 0.25) is 0 Å². The zero-order chi connectivity index (χ0) is 10.1. The number of hydrogen-bond donors (Lipinski definition) is 1. The summed E-state index contributed by atoms with van der Waals surface area (Å²) >= 11 is 1.41. The fourth-order valence-electron chi connectivity index (χ4n) is 0.767. The Morgan fingerprint density at radius 3 is 2.85 bits per heavy atom. The Balaban J connectivity index is 4.29. The summed E-state index contributed by atoms with van der Waals surface area (Å²) in [6, 6.07) is 0.119. The summed E-state index contributed by atoms with van der Waals surface area (Å²) in [6.45, 7) is 2.02. The molecule has 0 radical (unpaired) electrons. The molecule has 0 saturated carbocycles. The van der Waals surface area contributed by atoms with Crippen molar-refractivity contribution in [2.24, 2.45) is 4.99 Å². The van der Waals surface area contributed by atoms with Crippen LogP contribution in [0.5, 0.6) is 0 Å². The van der Waals surface area contributed by atoms with E-state index in [2.05, 4.69) is 16.2 Å². The monoisotopic (exact) mass is 195 g/mol. The number of nitriles is 1. The lowest BCUT2D eigenvalue weighted by atomic mass is 10.2. The third-order valence-corrected chi connectivity index (χ3v) is 2.07. The molecule has 0 aromatic carbocycles. The number of nitrogens with zero attached hydrogens (tertiary/aromatic N) is 2. The molecule has 0 saturated heterocycles. The van der Waals surface area contributed by atoms with E-state index in [1.54, 1.807) is 0 Å². The molecule has 0 spiro atoms. The Bertz CT molecular complexity index is 247. The van der Waals surface area contributed by atoms with Gasteiger partial charge in [-0.1, -0.05) is 18.7 Å². The van der Waals surface area contributed by atoms with Crippen LogP contribution in [-0.2, 0) is 0 Å². The number of rotatable bonds is 3. The first-order chi connectivity index (χ1) is 6.28. The van der Waals surface area contributed by atoms with E-state index in [0.717, 1.165) is 6.42 Å². The van der Waals surface area contributed by atoms with E-state index in [-0.39, 0.29) is 6.04 Å². The Morgan fingerprint density at radius 2 is 2.46 bits per heavy atom. The minimum Gasteiger partial charge on any atom is -0.272 e. The summed E-state index contributed by atoms with van der Waals surface area (Å²) in [7, 11) is 0. The van der Waals surface area contributed by atoms with Gasteiger partial charge in [0, 0.05) is 6.42 Å². The molecular weight excluding hydrogens is 182 g/mol. The highest BCUT2D eigenvalue weighted by Crippen LogP contribution is 2.05. The summed E-state index contributed by atoms with van der Waals surface area (Å²) < 4.78 is 0. The Kier molecular flexibility index (Phi) is 6.86. The number of terminal acetylenes is 1. The predicted molar refractivity (Wildman–Crippen MR) is 57.2 cm³/mol. The number of hydrogen-bond acceptors (Lipinski definition) is 3. The number of aliphatic imine (C=N–C) groups is 1. The first-order valence-electron chi connectivity index (χ1n) is 3.98. The average Bonchev–Trinajstić information content (AvgIpc) is 2.16. The van der Waals surface area contributed by atoms with Gasteiger partial charge in [-0.15, -0.1) is 12.3 Å². The van der Waals surface area contributed by atoms with Crippen molar-refractivity contribution in [3.63, 3.8) is 0 Å². The largest absolute Gasteiger partial charge is 0.272 e. The topological polar surface area (TPSA) is 48.2 Å². The maximum Gasteiger partial charge on any atom is 0.183 e. The van der Waals surface area contributed by atoms with Gasteiger partial charge in [0.15, 0.2) is 11.4 Å². The normalized spacial score (nSPS) is 12.8. The molecule has 0 amide bonds. The van der Waals surface area contributed by atoms with Crippen LogP contribution in [-0.4, -0.2) is 17.5 Å². The lowest BCUT2D eigenvalue weighted by Crippen LogP contribution is -2.17. The summed E-state index contributed by atoms with van der Waals surface area (Å²) in [5.74, 6) is 2.56. The fraction of sp³-hybridized carbons (Fsp3) is 0.556. The van der Waals surface area contributed by atoms with E-state index in [0.29, 0.717) is 11.6 Å². The van der Waals surface area contributed by atoms with E-state index >= 15 is 0 Å². The second-order valence-corrected chi connectivity index (χ2v) is 3.14. The van der Waals surface area contributed by atoms with Crippen LogP contribution in [0.3, 0.4) is 0 Å². The van der Waals surface area contributed by atoms with Crippen molar-refractivity contribution in [1.82, 2.24) is 5.32 Å². The first kappa shape index (κ1) is 11.9. The van der Waals surface area contributed by atoms with Gasteiger partial charge in [-0.3, -0.25) is 10.3 Å². The lowest BCUT2D eigenvalue weighted by Gasteiger charge is -2.07. The van der Waals surface area contributed by atoms with Gasteiger partial charge in [0.25, 0.3) is 0 Å². The maximum atomic E-state index is 8.39. The Labute approximate surface area is 83.6 Å². The van der Waals surface area contributed by atoms with Gasteiger partial charge in [0.1, 0.15) is 0 Å². The molecule has 3 nitrogen and oxygen atoms in total. The highest BCUT2D eigenvalue weighted by atomic mass is 32.2. The van der Waals surface area contributed by atoms with Crippen LogP contribution in [0.15, 0.2) is 4.99 Å². The average molecular weight is 195 g/mol. The van der Waals surface area contributed by atoms with Crippen LogP contribution in [0.4, 0.5) is 0 Å². The number of thioether (sulfide) groups is 1. The highest BCUT2D eigenvalue weighted by molar-refractivity contribution is 8.13. The summed E-state index contributed by atoms with van der Waals surface area (Å²) in [5, 5.41) is 11.5. The molecule has 0 aromatic heterocycles. The molecule has 4 heteroatoms. The van der Waals surface area contributed by atoms with Crippen molar-refractivity contribution < 1.29 is 0 Å². The third kappa shape index (κ3) is 5.16. The van der Waals surface area contributed by atoms with E-state index in [1.807, 2.05) is 19.4 Å². The van der Waals surface area contributed by atoms with Crippen LogP contribution in [0.25, 0.3) is 0 Å². The predicted octanol–water partition coefficient (Wildman–Crippen LogP) is 1.58. The van der Waals surface area contributed by atoms with E-state index in [4.69, 9.17) is 11.7 Å². The van der Waals surface area contributed by atoms with Crippen molar-refractivity contribution in [3.8, 4) is 18.5 Å². The van der Waals surface area contributed by atoms with Crippen LogP contribution >= 0.6 is 11.8 Å². The molecule has 13 heavy (non-hydrogen) atoms. The lowest BCUT2D eigenvalue weighted by molar-refractivity contribution is 0.671. The van der Waals surface area contributed by atoms with E-state index in [1.165, 1.54) is 11.8 Å². The number of nitrogens with one attached hydrogen (secondary N) is 1. The summed E-state index contributed by atoms with van der Waals surface area (Å²) in [4.78, 5) is 4.30. The molecule has 1 N–H and O–H groups in total. The number of amidine groups is 1. The zero-order valence-corrected chi connectivity index (χ0v) is 8.69. The highest BCUT2D eigenvalue weighted by Gasteiger charge is 2.03. The van der Waals surface area contributed by atoms with Crippen molar-refractivity contribution in [3.05, 3.63) is 0 Å². The molecule has 0 aliphatic rings. The molecule has 0 aliphatic carbocycles. The van der Waals surface area contributed by atoms with Crippen molar-refractivity contribution in [2.75, 3.05) is 6.26 Å². The minimum atomic E-state index is 0.119. The zero-order valence-electron chi connectivity index (χ0n) is 7.87. The van der Waals surface area contributed by atoms with E-state index < -0.39 is 0 Å². The SMILES string of the molecule is C#CCC(CC)N=C(NC#N)SC. The molecule has 1 atom stereocenters. The van der Waals surface area contributed by atoms with Crippen LogP contribution < -0.4 is 5.32 Å². The molecule has 70 valence electrons. The fourth-order valence-corrected chi connectivity index (χ4v) is 1.17. The Morgan fingerprint density at radius 1 is 1.77 bits per heavy atom. The second kappa shape index (κ2) is 7.52. The molecule has 0 aliphatic heterocycles. The van der Waals surface area contributed by atoms with Gasteiger partial charge >= 0.3 is 0 Å². The molecule has 0 fully saturated rings. The molecule has 0 bridgehead atoms. The molecule has 0 rings (SSSR count). The van der Waals surface area contributed by atoms with Gasteiger partial charge in [0.05, 0.1) is 6.04 Å². The molecular formula is C9H13N3S. The third-order valence-electron chi connectivity index (χ3n) is 1.48. The molecule has 0 heterocycles. The van der Waals surface area contributed by atoms with Crippen LogP contribution in [0.1, 0.15) is 19.8 Å². The minimum absolute atomic E-state index is 0.119. The summed E-state index contributed by atoms with van der Waals surface area (Å²) in [6.07, 6.45) is 10.4. The Hall–Kier alpha value is -1.13. The quantitative estimate of drug-likeness (QED) is 0.244. The maximum absolute atomic E-state index is 8.39. The van der Waals surface area contributed by atoms with Crippen LogP contribution in [0.2, 0.25) is 0 Å². The van der Waals surface area contributed by atoms with Crippen LogP contribution in [0, 0.1) is 23.8 Å². The standard InChI is InChI=1S/C9H13N3S/c1-4-6-8(5-2)12-9(13-3)11-7-10/h1,8H,5-6H2,2-3H3,(H,11,12). The van der Waals surface area contributed by atoms with Gasteiger partial charge in [-0.2, -0.15) is 5.26 Å². The van der Waals surface area contributed by atoms with Gasteiger partial charge < -0.3 is 0 Å². The van der Waals surface area contributed by atoms with Gasteiger partial charge in [-0.05, 0) is 12.7 Å². The van der Waals surface area contributed by atoms with E-state index in [9.17, 15) is 0 Å². The van der Waals surface area contributed by atoms with Crippen molar-refractivity contribution in [2.45, 2.75) is 25.8 Å². The summed E-state index contributed by atoms with van der Waals surface area (Å²) in [5.41, 5.74) is 0. The second-order valence-electron chi connectivity index (χ2n) is 2.35. The molecule has 0 aromatic rings. The smallest absolute Gasteiger partial charge is 0.183 e.